The van der Waals surface area contributed by atoms with E-state index in [0.29, 0.717) is 27.6 Å². The number of nitrogens with one attached hydrogen (secondary N) is 2. The van der Waals surface area contributed by atoms with Gasteiger partial charge in [0.25, 0.3) is 11.8 Å². The van der Waals surface area contributed by atoms with Crippen molar-refractivity contribution in [3.05, 3.63) is 75.7 Å². The van der Waals surface area contributed by atoms with Gasteiger partial charge in [0.1, 0.15) is 5.00 Å². The van der Waals surface area contributed by atoms with Crippen LogP contribution >= 0.6 is 11.3 Å². The molecule has 0 atom stereocenters. The summed E-state index contributed by atoms with van der Waals surface area (Å²) >= 11 is 1.29. The van der Waals surface area contributed by atoms with Gasteiger partial charge in [0.15, 0.2) is 11.5 Å². The zero-order chi connectivity index (χ0) is 22.0. The van der Waals surface area contributed by atoms with Crippen LogP contribution in [0.2, 0.25) is 0 Å². The molecule has 1 aliphatic heterocycles. The van der Waals surface area contributed by atoms with Crippen molar-refractivity contribution in [2.45, 2.75) is 13.5 Å². The molecular formula is C22H20N2O7S. The number of anilines is 1. The number of thiophene rings is 1. The summed E-state index contributed by atoms with van der Waals surface area (Å²) in [5.74, 6) is -0.505. The molecule has 166 valence electrons. The summed E-state index contributed by atoms with van der Waals surface area (Å²) in [7, 11) is 0. The molecule has 0 fully saturated rings. The van der Waals surface area contributed by atoms with Gasteiger partial charge in [-0.3, -0.25) is 9.59 Å². The van der Waals surface area contributed by atoms with E-state index in [-0.39, 0.29) is 30.3 Å². The average Bonchev–Trinajstić information content (AvgIpc) is 3.37. The molecule has 32 heavy (non-hydrogen) atoms. The SMILES string of the molecule is Cc1cc(C(=O)NCc2ccc3c(c2)OCO3)c(NC(=O)c2ccc(C(=O)O)cc2)s1.O. The number of carboxylic acid groups (broad SMARTS) is 1. The van der Waals surface area contributed by atoms with Crippen molar-refractivity contribution in [1.29, 1.82) is 0 Å². The smallest absolute Gasteiger partial charge is 0.335 e. The van der Waals surface area contributed by atoms with Crippen LogP contribution in [0, 0.1) is 6.92 Å². The monoisotopic (exact) mass is 456 g/mol. The third-order valence-corrected chi connectivity index (χ3v) is 5.58. The van der Waals surface area contributed by atoms with Crippen molar-refractivity contribution >= 4 is 34.1 Å². The van der Waals surface area contributed by atoms with E-state index in [1.165, 1.54) is 35.6 Å². The van der Waals surface area contributed by atoms with E-state index in [9.17, 15) is 14.4 Å². The summed E-state index contributed by atoms with van der Waals surface area (Å²) in [6, 6.07) is 12.7. The third-order valence-electron chi connectivity index (χ3n) is 4.61. The Morgan fingerprint density at radius 3 is 2.38 bits per heavy atom. The van der Waals surface area contributed by atoms with Gasteiger partial charge in [-0.15, -0.1) is 11.3 Å². The number of benzene rings is 2. The number of carbonyl (C=O) groups is 3. The highest BCUT2D eigenvalue weighted by Gasteiger charge is 2.19. The van der Waals surface area contributed by atoms with E-state index >= 15 is 0 Å². The number of hydrogen-bond acceptors (Lipinski definition) is 6. The molecule has 0 saturated heterocycles. The van der Waals surface area contributed by atoms with Gasteiger partial charge in [0, 0.05) is 17.0 Å². The van der Waals surface area contributed by atoms with Gasteiger partial charge in [-0.25, -0.2) is 4.79 Å². The molecule has 0 radical (unpaired) electrons. The van der Waals surface area contributed by atoms with Crippen LogP contribution in [0.1, 0.15) is 41.5 Å². The number of carboxylic acids is 1. The first-order valence-corrected chi connectivity index (χ1v) is 10.1. The molecule has 0 saturated carbocycles. The van der Waals surface area contributed by atoms with Gasteiger partial charge in [-0.2, -0.15) is 0 Å². The fourth-order valence-electron chi connectivity index (χ4n) is 3.04. The Morgan fingerprint density at radius 1 is 0.969 bits per heavy atom. The molecule has 4 rings (SSSR count). The number of hydrogen-bond donors (Lipinski definition) is 3. The second kappa shape index (κ2) is 9.50. The highest BCUT2D eigenvalue weighted by atomic mass is 32.1. The Balaban J connectivity index is 0.00000289. The van der Waals surface area contributed by atoms with E-state index in [4.69, 9.17) is 14.6 Å². The lowest BCUT2D eigenvalue weighted by atomic mass is 10.1. The Kier molecular flexibility index (Phi) is 6.76. The third kappa shape index (κ3) is 4.88. The van der Waals surface area contributed by atoms with Crippen LogP contribution in [-0.4, -0.2) is 35.2 Å². The Hall–Kier alpha value is -3.89. The lowest BCUT2D eigenvalue weighted by Gasteiger charge is -2.08. The number of aryl methyl sites for hydroxylation is 1. The maximum atomic E-state index is 12.7. The first kappa shape index (κ1) is 22.8. The molecule has 2 aromatic carbocycles. The molecule has 3 aromatic rings. The molecule has 1 aromatic heterocycles. The predicted molar refractivity (Wildman–Crippen MR) is 118 cm³/mol. The lowest BCUT2D eigenvalue weighted by molar-refractivity contribution is 0.0696. The number of aromatic carboxylic acids is 1. The number of rotatable bonds is 6. The molecule has 9 nitrogen and oxygen atoms in total. The van der Waals surface area contributed by atoms with E-state index in [2.05, 4.69) is 10.6 Å². The van der Waals surface area contributed by atoms with Gasteiger partial charge in [-0.05, 0) is 55.0 Å². The van der Waals surface area contributed by atoms with Crippen molar-refractivity contribution in [2.75, 3.05) is 12.1 Å². The minimum Gasteiger partial charge on any atom is -0.478 e. The Bertz CT molecular complexity index is 1170. The van der Waals surface area contributed by atoms with Crippen molar-refractivity contribution in [3.63, 3.8) is 0 Å². The quantitative estimate of drug-likeness (QED) is 0.520. The minimum atomic E-state index is -1.07. The molecule has 1 aliphatic rings. The molecular weight excluding hydrogens is 436 g/mol. The van der Waals surface area contributed by atoms with E-state index in [0.717, 1.165) is 10.4 Å². The van der Waals surface area contributed by atoms with Gasteiger partial charge in [0.05, 0.1) is 11.1 Å². The van der Waals surface area contributed by atoms with Gasteiger partial charge in [-0.1, -0.05) is 6.07 Å². The number of carbonyl (C=O) groups excluding carboxylic acids is 2. The largest absolute Gasteiger partial charge is 0.478 e. The molecule has 0 aliphatic carbocycles. The molecule has 10 heteroatoms. The second-order valence-electron chi connectivity index (χ2n) is 6.81. The molecule has 2 amide bonds. The van der Waals surface area contributed by atoms with Gasteiger partial charge < -0.3 is 30.7 Å². The number of fused-ring (bicyclic) bond motifs is 1. The summed E-state index contributed by atoms with van der Waals surface area (Å²) in [6.45, 7) is 2.31. The zero-order valence-corrected chi connectivity index (χ0v) is 17.7. The van der Waals surface area contributed by atoms with Crippen molar-refractivity contribution in [2.24, 2.45) is 0 Å². The predicted octanol–water partition coefficient (Wildman–Crippen LogP) is 2.84. The van der Waals surface area contributed by atoms with Gasteiger partial charge in [0.2, 0.25) is 6.79 Å². The fraction of sp³-hybridized carbons (Fsp3) is 0.136. The highest BCUT2D eigenvalue weighted by molar-refractivity contribution is 7.16. The van der Waals surface area contributed by atoms with Crippen LogP contribution < -0.4 is 20.1 Å². The topological polar surface area (TPSA) is 145 Å². The van der Waals surface area contributed by atoms with E-state index in [1.807, 2.05) is 19.1 Å². The van der Waals surface area contributed by atoms with Crippen LogP contribution in [-0.2, 0) is 6.54 Å². The first-order chi connectivity index (χ1) is 14.9. The summed E-state index contributed by atoms with van der Waals surface area (Å²) < 4.78 is 10.6. The standard InChI is InChI=1S/C22H18N2O6S.H2O/c1-12-8-16(20(26)23-10-13-2-7-17-18(9-13)30-11-29-17)21(31-12)24-19(25)14-3-5-15(6-4-14)22(27)28;/h2-9H,10-11H2,1H3,(H,23,26)(H,24,25)(H,27,28);1H2. The van der Waals surface area contributed by atoms with Crippen LogP contribution in [0.3, 0.4) is 0 Å². The molecule has 0 spiro atoms. The maximum Gasteiger partial charge on any atom is 0.335 e. The maximum absolute atomic E-state index is 12.7. The fourth-order valence-corrected chi connectivity index (χ4v) is 3.95. The molecule has 2 heterocycles. The van der Waals surface area contributed by atoms with Crippen LogP contribution in [0.25, 0.3) is 0 Å². The minimum absolute atomic E-state index is 0. The van der Waals surface area contributed by atoms with Crippen LogP contribution in [0.4, 0.5) is 5.00 Å². The van der Waals surface area contributed by atoms with Crippen LogP contribution in [0.5, 0.6) is 11.5 Å². The zero-order valence-electron chi connectivity index (χ0n) is 16.9. The summed E-state index contributed by atoms with van der Waals surface area (Å²) in [5, 5.41) is 15.0. The summed E-state index contributed by atoms with van der Waals surface area (Å²) in [4.78, 5) is 37.1. The summed E-state index contributed by atoms with van der Waals surface area (Å²) in [6.07, 6.45) is 0. The molecule has 0 bridgehead atoms. The molecule has 0 unspecified atom stereocenters. The summed E-state index contributed by atoms with van der Waals surface area (Å²) in [5.41, 5.74) is 1.60. The van der Waals surface area contributed by atoms with E-state index < -0.39 is 11.9 Å². The Labute approximate surface area is 186 Å². The number of ether oxygens (including phenoxy) is 2. The van der Waals surface area contributed by atoms with Crippen molar-refractivity contribution < 1.29 is 34.4 Å². The Morgan fingerprint density at radius 2 is 1.66 bits per heavy atom. The van der Waals surface area contributed by atoms with E-state index in [1.54, 1.807) is 12.1 Å². The van der Waals surface area contributed by atoms with Gasteiger partial charge >= 0.3 is 5.97 Å². The normalized spacial score (nSPS) is 11.4. The van der Waals surface area contributed by atoms with Crippen molar-refractivity contribution in [3.8, 4) is 11.5 Å². The first-order valence-electron chi connectivity index (χ1n) is 9.32. The number of amides is 2. The average molecular weight is 456 g/mol. The molecule has 5 N–H and O–H groups in total. The highest BCUT2D eigenvalue weighted by Crippen LogP contribution is 2.32. The van der Waals surface area contributed by atoms with Crippen molar-refractivity contribution in [1.82, 2.24) is 5.32 Å². The second-order valence-corrected chi connectivity index (χ2v) is 8.06. The lowest BCUT2D eigenvalue weighted by Crippen LogP contribution is -2.24. The van der Waals surface area contributed by atoms with Crippen LogP contribution in [0.15, 0.2) is 48.5 Å².